The molecule has 1 unspecified atom stereocenters. The van der Waals surface area contributed by atoms with E-state index in [1.807, 2.05) is 28.8 Å². The Morgan fingerprint density at radius 3 is 2.55 bits per heavy atom. The molecule has 3 aromatic rings. The molecule has 0 spiro atoms. The molecule has 0 amide bonds. The number of pyridine rings is 1. The van der Waals surface area contributed by atoms with Gasteiger partial charge in [-0.3, -0.25) is 4.40 Å². The number of halogens is 1. The maximum Gasteiger partial charge on any atom is 0.191 e. The van der Waals surface area contributed by atoms with Crippen molar-refractivity contribution in [3.63, 3.8) is 0 Å². The van der Waals surface area contributed by atoms with Crippen LogP contribution in [-0.2, 0) is 6.54 Å². The fourth-order valence-electron chi connectivity index (χ4n) is 3.07. The number of benzene rings is 1. The van der Waals surface area contributed by atoms with E-state index in [4.69, 9.17) is 4.99 Å². The van der Waals surface area contributed by atoms with E-state index in [9.17, 15) is 0 Å². The van der Waals surface area contributed by atoms with Gasteiger partial charge in [0.2, 0.25) is 0 Å². The Morgan fingerprint density at radius 1 is 1.10 bits per heavy atom. The fourth-order valence-corrected chi connectivity index (χ4v) is 3.07. The number of aromatic nitrogens is 3. The Labute approximate surface area is 189 Å². The third kappa shape index (κ3) is 6.14. The highest BCUT2D eigenvalue weighted by Crippen LogP contribution is 2.17. The van der Waals surface area contributed by atoms with Gasteiger partial charge in [-0.15, -0.1) is 34.2 Å². The fraction of sp³-hybridized carbons (Fsp3) is 0.381. The van der Waals surface area contributed by atoms with E-state index in [2.05, 4.69) is 77.9 Å². The van der Waals surface area contributed by atoms with Crippen molar-refractivity contribution in [2.75, 3.05) is 27.2 Å². The third-order valence-corrected chi connectivity index (χ3v) is 4.66. The second kappa shape index (κ2) is 11.1. The van der Waals surface area contributed by atoms with Gasteiger partial charge in [0.1, 0.15) is 6.54 Å². The summed E-state index contributed by atoms with van der Waals surface area (Å²) in [7, 11) is 4.19. The van der Waals surface area contributed by atoms with Crippen molar-refractivity contribution in [1.82, 2.24) is 30.1 Å². The van der Waals surface area contributed by atoms with Gasteiger partial charge in [0, 0.05) is 19.3 Å². The van der Waals surface area contributed by atoms with Crippen LogP contribution >= 0.6 is 24.0 Å². The van der Waals surface area contributed by atoms with E-state index in [1.165, 1.54) is 11.1 Å². The predicted molar refractivity (Wildman–Crippen MR) is 129 cm³/mol. The van der Waals surface area contributed by atoms with Crippen LogP contribution in [0.25, 0.3) is 5.65 Å². The molecule has 2 N–H and O–H groups in total. The first kappa shape index (κ1) is 23.1. The number of nitrogens with one attached hydrogen (secondary N) is 2. The third-order valence-electron chi connectivity index (χ3n) is 4.66. The second-order valence-corrected chi connectivity index (χ2v) is 7.01. The summed E-state index contributed by atoms with van der Waals surface area (Å²) in [5.41, 5.74) is 3.38. The van der Waals surface area contributed by atoms with Gasteiger partial charge in [0.05, 0.1) is 6.04 Å². The number of hydrogen-bond donors (Lipinski definition) is 2. The lowest BCUT2D eigenvalue weighted by molar-refractivity contribution is 0.298. The molecule has 0 saturated heterocycles. The van der Waals surface area contributed by atoms with Crippen molar-refractivity contribution in [1.29, 1.82) is 0 Å². The SMILES string of the molecule is CCNC(=NCc1nnc2ccccn12)NCC(c1ccc(C)cc1)N(C)C.I. The second-order valence-electron chi connectivity index (χ2n) is 7.01. The zero-order valence-corrected chi connectivity index (χ0v) is 19.8. The minimum atomic E-state index is 0. The smallest absolute Gasteiger partial charge is 0.191 e. The minimum Gasteiger partial charge on any atom is -0.357 e. The number of guanidine groups is 1. The van der Waals surface area contributed by atoms with Crippen LogP contribution in [0.4, 0.5) is 0 Å². The van der Waals surface area contributed by atoms with Crippen molar-refractivity contribution >= 4 is 35.6 Å². The van der Waals surface area contributed by atoms with Gasteiger partial charge < -0.3 is 15.5 Å². The summed E-state index contributed by atoms with van der Waals surface area (Å²) < 4.78 is 1.96. The van der Waals surface area contributed by atoms with Crippen molar-refractivity contribution in [2.24, 2.45) is 4.99 Å². The molecule has 1 aromatic carbocycles. The molecule has 3 rings (SSSR count). The van der Waals surface area contributed by atoms with Gasteiger partial charge in [-0.2, -0.15) is 0 Å². The lowest BCUT2D eigenvalue weighted by atomic mass is 10.0. The van der Waals surface area contributed by atoms with Gasteiger partial charge in [-0.05, 0) is 45.6 Å². The molecular weight excluding hydrogens is 477 g/mol. The highest BCUT2D eigenvalue weighted by molar-refractivity contribution is 14.0. The molecule has 156 valence electrons. The molecule has 0 aliphatic carbocycles. The van der Waals surface area contributed by atoms with Crippen LogP contribution in [0.1, 0.15) is 29.9 Å². The van der Waals surface area contributed by atoms with Gasteiger partial charge >= 0.3 is 0 Å². The van der Waals surface area contributed by atoms with Crippen LogP contribution in [0, 0.1) is 6.92 Å². The van der Waals surface area contributed by atoms with E-state index in [1.54, 1.807) is 0 Å². The van der Waals surface area contributed by atoms with Gasteiger partial charge in [0.15, 0.2) is 17.4 Å². The molecule has 1 atom stereocenters. The average Bonchev–Trinajstić information content (AvgIpc) is 3.10. The van der Waals surface area contributed by atoms with Crippen LogP contribution in [0.5, 0.6) is 0 Å². The lowest BCUT2D eigenvalue weighted by Gasteiger charge is -2.26. The largest absolute Gasteiger partial charge is 0.357 e. The molecule has 7 nitrogen and oxygen atoms in total. The minimum absolute atomic E-state index is 0. The summed E-state index contributed by atoms with van der Waals surface area (Å²) in [5.74, 6) is 1.59. The summed E-state index contributed by atoms with van der Waals surface area (Å²) in [6.45, 7) is 6.17. The number of likely N-dealkylation sites (N-methyl/N-ethyl adjacent to an activating group) is 1. The first-order valence-corrected chi connectivity index (χ1v) is 9.62. The normalized spacial score (nSPS) is 12.7. The molecule has 0 aliphatic rings. The molecule has 0 radical (unpaired) electrons. The van der Waals surface area contributed by atoms with Gasteiger partial charge in [-0.25, -0.2) is 4.99 Å². The van der Waals surface area contributed by atoms with Crippen molar-refractivity contribution < 1.29 is 0 Å². The molecular formula is C21H30IN7. The molecule has 29 heavy (non-hydrogen) atoms. The summed E-state index contributed by atoms with van der Waals surface area (Å²) in [6.07, 6.45) is 1.96. The lowest BCUT2D eigenvalue weighted by Crippen LogP contribution is -2.41. The number of fused-ring (bicyclic) bond motifs is 1. The van der Waals surface area contributed by atoms with E-state index >= 15 is 0 Å². The first-order valence-electron chi connectivity index (χ1n) is 9.62. The Morgan fingerprint density at radius 2 is 1.86 bits per heavy atom. The highest BCUT2D eigenvalue weighted by atomic mass is 127. The predicted octanol–water partition coefficient (Wildman–Crippen LogP) is 3.01. The number of rotatable bonds is 7. The maximum absolute atomic E-state index is 4.70. The zero-order chi connectivity index (χ0) is 19.9. The van der Waals surface area contributed by atoms with E-state index in [-0.39, 0.29) is 30.0 Å². The first-order chi connectivity index (χ1) is 13.6. The van der Waals surface area contributed by atoms with E-state index in [0.29, 0.717) is 6.54 Å². The molecule has 0 aliphatic heterocycles. The summed E-state index contributed by atoms with van der Waals surface area (Å²) in [6, 6.07) is 14.8. The average molecular weight is 507 g/mol. The van der Waals surface area contributed by atoms with Crippen LogP contribution in [0.2, 0.25) is 0 Å². The van der Waals surface area contributed by atoms with Crippen LogP contribution < -0.4 is 10.6 Å². The van der Waals surface area contributed by atoms with Crippen molar-refractivity contribution in [3.8, 4) is 0 Å². The molecule has 0 fully saturated rings. The Bertz CT molecular complexity index is 918. The monoisotopic (exact) mass is 507 g/mol. The summed E-state index contributed by atoms with van der Waals surface area (Å²) in [4.78, 5) is 6.91. The van der Waals surface area contributed by atoms with E-state index < -0.39 is 0 Å². The van der Waals surface area contributed by atoms with Crippen molar-refractivity contribution in [3.05, 3.63) is 65.6 Å². The maximum atomic E-state index is 4.70. The number of nitrogens with zero attached hydrogens (tertiary/aromatic N) is 5. The van der Waals surface area contributed by atoms with Gasteiger partial charge in [-0.1, -0.05) is 35.9 Å². The number of hydrogen-bond acceptors (Lipinski definition) is 4. The number of aryl methyl sites for hydroxylation is 1. The van der Waals surface area contributed by atoms with Crippen molar-refractivity contribution in [2.45, 2.75) is 26.4 Å². The summed E-state index contributed by atoms with van der Waals surface area (Å²) >= 11 is 0. The molecule has 0 saturated carbocycles. The molecule has 0 bridgehead atoms. The van der Waals surface area contributed by atoms with Gasteiger partial charge in [0.25, 0.3) is 0 Å². The quantitative estimate of drug-likeness (QED) is 0.293. The molecule has 8 heteroatoms. The van der Waals surface area contributed by atoms with Crippen LogP contribution in [-0.4, -0.2) is 52.6 Å². The Balaban J connectivity index is 0.00000300. The Kier molecular flexibility index (Phi) is 8.84. The number of aliphatic imine (C=N–C) groups is 1. The Hall–Kier alpha value is -2.20. The molecule has 2 heterocycles. The summed E-state index contributed by atoms with van der Waals surface area (Å²) in [5, 5.41) is 15.2. The topological polar surface area (TPSA) is 69.8 Å². The van der Waals surface area contributed by atoms with Crippen LogP contribution in [0.3, 0.4) is 0 Å². The van der Waals surface area contributed by atoms with Crippen LogP contribution in [0.15, 0.2) is 53.7 Å². The van der Waals surface area contributed by atoms with E-state index in [0.717, 1.165) is 30.5 Å². The molecule has 2 aromatic heterocycles. The standard InChI is InChI=1S/C21H29N7.HI/c1-5-22-21(24-15-20-26-25-19-8-6-7-13-28(19)20)23-14-18(27(3)4)17-11-9-16(2)10-12-17;/h6-13,18H,5,14-15H2,1-4H3,(H2,22,23,24);1H. The zero-order valence-electron chi connectivity index (χ0n) is 17.5. The highest BCUT2D eigenvalue weighted by Gasteiger charge is 2.14.